The minimum Gasteiger partial charge on any atom is -0.484 e. The largest absolute Gasteiger partial charge is 0.484 e. The molecule has 1 amide bonds. The Morgan fingerprint density at radius 2 is 1.79 bits per heavy atom. The van der Waals surface area contributed by atoms with Gasteiger partial charge in [-0.1, -0.05) is 29.3 Å². The van der Waals surface area contributed by atoms with E-state index in [9.17, 15) is 13.2 Å². The Bertz CT molecular complexity index is 839. The molecule has 0 aliphatic heterocycles. The third kappa shape index (κ3) is 4.53. The average molecular weight is 389 g/mol. The standard InChI is InChI=1S/C15H14Cl2N2O4S/c1-18-14(20)9-23-10-5-7-11(8-6-10)24(21,22)19-13-4-2-3-12(16)15(13)17/h2-8,19H,9H2,1H3,(H,18,20). The second-order valence-electron chi connectivity index (χ2n) is 4.64. The Morgan fingerprint density at radius 1 is 1.12 bits per heavy atom. The Kier molecular flexibility index (Phi) is 5.93. The molecule has 0 atom stereocenters. The van der Waals surface area contributed by atoms with E-state index in [1.54, 1.807) is 12.1 Å². The van der Waals surface area contributed by atoms with Crippen LogP contribution in [0.25, 0.3) is 0 Å². The van der Waals surface area contributed by atoms with Crippen molar-refractivity contribution in [3.8, 4) is 5.75 Å². The van der Waals surface area contributed by atoms with E-state index in [0.29, 0.717) is 5.75 Å². The summed E-state index contributed by atoms with van der Waals surface area (Å²) in [6.07, 6.45) is 0. The maximum absolute atomic E-state index is 12.4. The van der Waals surface area contributed by atoms with E-state index in [4.69, 9.17) is 27.9 Å². The number of ether oxygens (including phenoxy) is 1. The molecule has 0 aliphatic carbocycles. The van der Waals surface area contributed by atoms with Crippen LogP contribution in [0.3, 0.4) is 0 Å². The number of amides is 1. The number of likely N-dealkylation sites (N-methyl/N-ethyl adjacent to an activating group) is 1. The summed E-state index contributed by atoms with van der Waals surface area (Å²) < 4.78 is 32.3. The number of carbonyl (C=O) groups excluding carboxylic acids is 1. The molecule has 0 fully saturated rings. The lowest BCUT2D eigenvalue weighted by Crippen LogP contribution is -2.24. The molecule has 0 radical (unpaired) electrons. The first kappa shape index (κ1) is 18.4. The minimum atomic E-state index is -3.83. The van der Waals surface area contributed by atoms with Crippen LogP contribution in [0.2, 0.25) is 10.0 Å². The lowest BCUT2D eigenvalue weighted by Gasteiger charge is -2.11. The molecule has 6 nitrogen and oxygen atoms in total. The summed E-state index contributed by atoms with van der Waals surface area (Å²) in [6.45, 7) is -0.154. The molecule has 0 unspecified atom stereocenters. The van der Waals surface area contributed by atoms with Crippen molar-refractivity contribution in [3.05, 3.63) is 52.5 Å². The van der Waals surface area contributed by atoms with E-state index < -0.39 is 10.0 Å². The third-order valence-corrected chi connectivity index (χ3v) is 5.18. The molecule has 9 heteroatoms. The molecule has 0 aliphatic rings. The molecule has 0 heterocycles. The molecule has 2 aromatic rings. The van der Waals surface area contributed by atoms with Crippen LogP contribution in [-0.4, -0.2) is 28.0 Å². The van der Waals surface area contributed by atoms with Crippen LogP contribution in [0.1, 0.15) is 0 Å². The van der Waals surface area contributed by atoms with E-state index in [1.165, 1.54) is 37.4 Å². The van der Waals surface area contributed by atoms with Gasteiger partial charge in [0.25, 0.3) is 15.9 Å². The van der Waals surface area contributed by atoms with Gasteiger partial charge in [-0.25, -0.2) is 8.42 Å². The molecule has 24 heavy (non-hydrogen) atoms. The molecule has 0 spiro atoms. The van der Waals surface area contributed by atoms with E-state index in [-0.39, 0.29) is 33.1 Å². The van der Waals surface area contributed by atoms with Crippen molar-refractivity contribution >= 4 is 44.8 Å². The highest BCUT2D eigenvalue weighted by atomic mass is 35.5. The number of rotatable bonds is 6. The van der Waals surface area contributed by atoms with Gasteiger partial charge in [-0.15, -0.1) is 0 Å². The minimum absolute atomic E-state index is 0.0193. The summed E-state index contributed by atoms with van der Waals surface area (Å²) >= 11 is 11.8. The molecule has 0 saturated heterocycles. The highest BCUT2D eigenvalue weighted by Gasteiger charge is 2.16. The zero-order chi connectivity index (χ0) is 17.7. The van der Waals surface area contributed by atoms with Crippen molar-refractivity contribution < 1.29 is 17.9 Å². The van der Waals surface area contributed by atoms with Gasteiger partial charge >= 0.3 is 0 Å². The van der Waals surface area contributed by atoms with Crippen molar-refractivity contribution in [1.29, 1.82) is 0 Å². The van der Waals surface area contributed by atoms with Crippen LogP contribution in [0, 0.1) is 0 Å². The second-order valence-corrected chi connectivity index (χ2v) is 7.11. The average Bonchev–Trinajstić information content (AvgIpc) is 2.57. The van der Waals surface area contributed by atoms with Crippen LogP contribution in [0.15, 0.2) is 47.4 Å². The number of carbonyl (C=O) groups is 1. The molecule has 0 bridgehead atoms. The molecule has 2 aromatic carbocycles. The predicted molar refractivity (Wildman–Crippen MR) is 93.3 cm³/mol. The Balaban J connectivity index is 2.15. The van der Waals surface area contributed by atoms with Crippen molar-refractivity contribution in [2.24, 2.45) is 0 Å². The van der Waals surface area contributed by atoms with Gasteiger partial charge in [0.1, 0.15) is 5.75 Å². The third-order valence-electron chi connectivity index (χ3n) is 2.98. The highest BCUT2D eigenvalue weighted by Crippen LogP contribution is 2.31. The summed E-state index contributed by atoms with van der Waals surface area (Å²) in [7, 11) is -2.34. The summed E-state index contributed by atoms with van der Waals surface area (Å²) in [5, 5.41) is 2.78. The van der Waals surface area contributed by atoms with Gasteiger partial charge in [0.05, 0.1) is 20.6 Å². The van der Waals surface area contributed by atoms with Crippen LogP contribution in [-0.2, 0) is 14.8 Å². The predicted octanol–water partition coefficient (Wildman–Crippen LogP) is 2.92. The van der Waals surface area contributed by atoms with Gasteiger partial charge in [-0.3, -0.25) is 9.52 Å². The fourth-order valence-electron chi connectivity index (χ4n) is 1.72. The van der Waals surface area contributed by atoms with Gasteiger partial charge in [-0.05, 0) is 36.4 Å². The van der Waals surface area contributed by atoms with Crippen molar-refractivity contribution in [2.45, 2.75) is 4.90 Å². The fourth-order valence-corrected chi connectivity index (χ4v) is 3.20. The molecule has 128 valence electrons. The Morgan fingerprint density at radius 3 is 2.42 bits per heavy atom. The van der Waals surface area contributed by atoms with Crippen molar-refractivity contribution in [3.63, 3.8) is 0 Å². The van der Waals surface area contributed by atoms with Crippen LogP contribution >= 0.6 is 23.2 Å². The Labute approximate surface area is 149 Å². The number of halogens is 2. The summed E-state index contributed by atoms with van der Waals surface area (Å²) in [6, 6.07) is 10.3. The number of anilines is 1. The smallest absolute Gasteiger partial charge is 0.261 e. The summed E-state index contributed by atoms with van der Waals surface area (Å²) in [4.78, 5) is 11.1. The fraction of sp³-hybridized carbons (Fsp3) is 0.133. The van der Waals surface area contributed by atoms with Crippen LogP contribution < -0.4 is 14.8 Å². The topological polar surface area (TPSA) is 84.5 Å². The first-order valence-electron chi connectivity index (χ1n) is 6.74. The number of sulfonamides is 1. The number of hydrogen-bond acceptors (Lipinski definition) is 4. The lowest BCUT2D eigenvalue weighted by molar-refractivity contribution is -0.122. The van der Waals surface area contributed by atoms with Crippen molar-refractivity contribution in [1.82, 2.24) is 5.32 Å². The first-order chi connectivity index (χ1) is 11.3. The number of hydrogen-bond donors (Lipinski definition) is 2. The van der Waals surface area contributed by atoms with Gasteiger partial charge in [-0.2, -0.15) is 0 Å². The van der Waals surface area contributed by atoms with Gasteiger partial charge in [0.2, 0.25) is 0 Å². The second kappa shape index (κ2) is 7.74. The number of nitrogens with one attached hydrogen (secondary N) is 2. The van der Waals surface area contributed by atoms with E-state index in [2.05, 4.69) is 10.0 Å². The highest BCUT2D eigenvalue weighted by molar-refractivity contribution is 7.92. The van der Waals surface area contributed by atoms with Gasteiger partial charge < -0.3 is 10.1 Å². The van der Waals surface area contributed by atoms with Gasteiger partial charge in [0.15, 0.2) is 6.61 Å². The van der Waals surface area contributed by atoms with Crippen LogP contribution in [0.5, 0.6) is 5.75 Å². The summed E-state index contributed by atoms with van der Waals surface area (Å²) in [5.74, 6) is 0.0855. The normalized spacial score (nSPS) is 11.0. The van der Waals surface area contributed by atoms with E-state index in [1.807, 2.05) is 0 Å². The van der Waals surface area contributed by atoms with E-state index in [0.717, 1.165) is 0 Å². The molecule has 2 rings (SSSR count). The maximum Gasteiger partial charge on any atom is 0.261 e. The quantitative estimate of drug-likeness (QED) is 0.796. The monoisotopic (exact) mass is 388 g/mol. The molecular formula is C15H14Cl2N2O4S. The zero-order valence-electron chi connectivity index (χ0n) is 12.5. The summed E-state index contributed by atoms with van der Waals surface area (Å²) in [5.41, 5.74) is 0.184. The van der Waals surface area contributed by atoms with Crippen LogP contribution in [0.4, 0.5) is 5.69 Å². The molecular weight excluding hydrogens is 375 g/mol. The lowest BCUT2D eigenvalue weighted by atomic mass is 10.3. The first-order valence-corrected chi connectivity index (χ1v) is 8.97. The SMILES string of the molecule is CNC(=O)COc1ccc(S(=O)(=O)Nc2cccc(Cl)c2Cl)cc1. The number of benzene rings is 2. The maximum atomic E-state index is 12.4. The molecule has 2 N–H and O–H groups in total. The molecule has 0 aromatic heterocycles. The van der Waals surface area contributed by atoms with E-state index >= 15 is 0 Å². The van der Waals surface area contributed by atoms with Crippen molar-refractivity contribution in [2.75, 3.05) is 18.4 Å². The molecule has 0 saturated carbocycles. The Hall–Kier alpha value is -1.96. The zero-order valence-corrected chi connectivity index (χ0v) is 14.9. The van der Waals surface area contributed by atoms with Gasteiger partial charge in [0, 0.05) is 7.05 Å².